The highest BCUT2D eigenvalue weighted by Gasteiger charge is 2.11. The molecule has 0 aromatic carbocycles. The van der Waals surface area contributed by atoms with Crippen molar-refractivity contribution in [1.82, 2.24) is 9.78 Å². The van der Waals surface area contributed by atoms with Crippen LogP contribution in [0.25, 0.3) is 11.5 Å². The fourth-order valence-corrected chi connectivity index (χ4v) is 1.20. The summed E-state index contributed by atoms with van der Waals surface area (Å²) in [4.78, 5) is 10.6. The van der Waals surface area contributed by atoms with Crippen LogP contribution in [0.2, 0.25) is 0 Å². The van der Waals surface area contributed by atoms with Gasteiger partial charge < -0.3 is 9.52 Å². The van der Waals surface area contributed by atoms with Crippen LogP contribution in [0.4, 0.5) is 0 Å². The van der Waals surface area contributed by atoms with Gasteiger partial charge in [-0.15, -0.1) is 0 Å². The number of hydrogen-bond acceptors (Lipinski definition) is 3. The number of nitrogens with zero attached hydrogens (tertiary/aromatic N) is 2. The maximum Gasteiger partial charge on any atom is 0.338 e. The minimum atomic E-state index is -0.998. The number of carbonyl (C=O) groups is 1. The van der Waals surface area contributed by atoms with E-state index in [-0.39, 0.29) is 5.56 Å². The van der Waals surface area contributed by atoms with Crippen LogP contribution >= 0.6 is 0 Å². The number of rotatable bonds is 2. The Bertz CT molecular complexity index is 470. The zero-order valence-electron chi connectivity index (χ0n) is 7.47. The summed E-state index contributed by atoms with van der Waals surface area (Å²) in [5.74, 6) is -0.496. The van der Waals surface area contributed by atoms with E-state index in [9.17, 15) is 4.79 Å². The van der Waals surface area contributed by atoms with E-state index >= 15 is 0 Å². The van der Waals surface area contributed by atoms with Crippen molar-refractivity contribution in [3.63, 3.8) is 0 Å². The SMILES string of the molecule is Cn1nccc1-c1cc(C(=O)O)co1. The normalized spacial score (nSPS) is 10.4. The molecule has 0 radical (unpaired) electrons. The van der Waals surface area contributed by atoms with Crippen molar-refractivity contribution in [3.8, 4) is 11.5 Å². The second-order valence-corrected chi connectivity index (χ2v) is 2.84. The molecular weight excluding hydrogens is 184 g/mol. The lowest BCUT2D eigenvalue weighted by atomic mass is 10.2. The summed E-state index contributed by atoms with van der Waals surface area (Å²) in [6.07, 6.45) is 2.84. The Balaban J connectivity index is 2.43. The van der Waals surface area contributed by atoms with Crippen LogP contribution in [0, 0.1) is 0 Å². The van der Waals surface area contributed by atoms with Crippen LogP contribution in [0.15, 0.2) is 29.0 Å². The summed E-state index contributed by atoms with van der Waals surface area (Å²) in [5.41, 5.74) is 0.888. The lowest BCUT2D eigenvalue weighted by molar-refractivity contribution is 0.0696. The van der Waals surface area contributed by atoms with Crippen LogP contribution in [0.1, 0.15) is 10.4 Å². The average molecular weight is 192 g/mol. The van der Waals surface area contributed by atoms with Crippen molar-refractivity contribution in [2.24, 2.45) is 7.05 Å². The molecule has 5 heteroatoms. The van der Waals surface area contributed by atoms with Crippen LogP contribution in [-0.4, -0.2) is 20.9 Å². The molecule has 0 fully saturated rings. The Morgan fingerprint density at radius 2 is 2.43 bits per heavy atom. The Morgan fingerprint density at radius 1 is 1.64 bits per heavy atom. The first-order valence-corrected chi connectivity index (χ1v) is 3.98. The Labute approximate surface area is 79.6 Å². The van der Waals surface area contributed by atoms with Gasteiger partial charge in [-0.3, -0.25) is 4.68 Å². The first-order chi connectivity index (χ1) is 6.68. The van der Waals surface area contributed by atoms with Crippen molar-refractivity contribution in [2.75, 3.05) is 0 Å². The molecule has 0 aliphatic heterocycles. The summed E-state index contributed by atoms with van der Waals surface area (Å²) in [6.45, 7) is 0. The fourth-order valence-electron chi connectivity index (χ4n) is 1.20. The Kier molecular flexibility index (Phi) is 1.85. The van der Waals surface area contributed by atoms with Gasteiger partial charge in [0.15, 0.2) is 5.76 Å². The quantitative estimate of drug-likeness (QED) is 0.780. The van der Waals surface area contributed by atoms with E-state index in [1.807, 2.05) is 0 Å². The van der Waals surface area contributed by atoms with E-state index in [1.54, 1.807) is 24.0 Å². The number of aryl methyl sites for hydroxylation is 1. The Hall–Kier alpha value is -2.04. The van der Waals surface area contributed by atoms with Crippen LogP contribution in [-0.2, 0) is 7.05 Å². The van der Waals surface area contributed by atoms with Crippen LogP contribution in [0.5, 0.6) is 0 Å². The Morgan fingerprint density at radius 3 is 2.93 bits per heavy atom. The zero-order chi connectivity index (χ0) is 10.1. The molecule has 0 aliphatic rings. The molecule has 72 valence electrons. The maximum atomic E-state index is 10.6. The minimum absolute atomic E-state index is 0.140. The van der Waals surface area contributed by atoms with E-state index in [1.165, 1.54) is 12.3 Å². The monoisotopic (exact) mass is 192 g/mol. The number of carboxylic acids is 1. The van der Waals surface area contributed by atoms with Gasteiger partial charge >= 0.3 is 5.97 Å². The smallest absolute Gasteiger partial charge is 0.338 e. The predicted octanol–water partition coefficient (Wildman–Crippen LogP) is 1.38. The molecule has 14 heavy (non-hydrogen) atoms. The molecule has 0 spiro atoms. The van der Waals surface area contributed by atoms with Gasteiger partial charge in [0, 0.05) is 19.3 Å². The van der Waals surface area contributed by atoms with Gasteiger partial charge in [0.05, 0.1) is 5.56 Å². The standard InChI is InChI=1S/C9H8N2O3/c1-11-7(2-3-10-11)8-4-6(5-14-8)9(12)13/h2-5H,1H3,(H,12,13). The molecule has 2 heterocycles. The molecular formula is C9H8N2O3. The largest absolute Gasteiger partial charge is 0.478 e. The molecule has 0 saturated carbocycles. The number of hydrogen-bond donors (Lipinski definition) is 1. The van der Waals surface area contributed by atoms with Crippen LogP contribution < -0.4 is 0 Å². The van der Waals surface area contributed by atoms with Gasteiger partial charge in [-0.1, -0.05) is 0 Å². The number of furan rings is 1. The molecule has 1 N–H and O–H groups in total. The van der Waals surface area contributed by atoms with E-state index in [4.69, 9.17) is 9.52 Å². The second kappa shape index (κ2) is 3.02. The summed E-state index contributed by atoms with van der Waals surface area (Å²) in [6, 6.07) is 3.23. The predicted molar refractivity (Wildman–Crippen MR) is 47.9 cm³/mol. The highest BCUT2D eigenvalue weighted by atomic mass is 16.4. The highest BCUT2D eigenvalue weighted by Crippen LogP contribution is 2.20. The van der Waals surface area contributed by atoms with Crippen molar-refractivity contribution < 1.29 is 14.3 Å². The third kappa shape index (κ3) is 1.28. The molecule has 5 nitrogen and oxygen atoms in total. The lowest BCUT2D eigenvalue weighted by Crippen LogP contribution is -1.93. The van der Waals surface area contributed by atoms with E-state index < -0.39 is 5.97 Å². The van der Waals surface area contributed by atoms with Gasteiger partial charge in [0.25, 0.3) is 0 Å². The van der Waals surface area contributed by atoms with Crippen molar-refractivity contribution in [3.05, 3.63) is 30.2 Å². The molecule has 0 unspecified atom stereocenters. The van der Waals surface area contributed by atoms with Crippen molar-refractivity contribution >= 4 is 5.97 Å². The first-order valence-electron chi connectivity index (χ1n) is 3.98. The van der Waals surface area contributed by atoms with Gasteiger partial charge in [-0.25, -0.2) is 4.79 Å². The van der Waals surface area contributed by atoms with Crippen LogP contribution in [0.3, 0.4) is 0 Å². The van der Waals surface area contributed by atoms with E-state index in [0.717, 1.165) is 5.69 Å². The number of carboxylic acid groups (broad SMARTS) is 1. The number of aromatic nitrogens is 2. The van der Waals surface area contributed by atoms with Gasteiger partial charge in [0.2, 0.25) is 0 Å². The van der Waals surface area contributed by atoms with Gasteiger partial charge in [-0.2, -0.15) is 5.10 Å². The van der Waals surface area contributed by atoms with Gasteiger partial charge in [0.1, 0.15) is 12.0 Å². The topological polar surface area (TPSA) is 68.3 Å². The van der Waals surface area contributed by atoms with Crippen molar-refractivity contribution in [1.29, 1.82) is 0 Å². The van der Waals surface area contributed by atoms with Gasteiger partial charge in [-0.05, 0) is 6.07 Å². The molecule has 0 amide bonds. The number of aromatic carboxylic acids is 1. The van der Waals surface area contributed by atoms with E-state index in [0.29, 0.717) is 5.76 Å². The summed E-state index contributed by atoms with van der Waals surface area (Å²) < 4.78 is 6.73. The molecule has 2 rings (SSSR count). The third-order valence-corrected chi connectivity index (χ3v) is 1.92. The zero-order valence-corrected chi connectivity index (χ0v) is 7.47. The minimum Gasteiger partial charge on any atom is -0.478 e. The molecule has 0 aliphatic carbocycles. The summed E-state index contributed by atoms with van der Waals surface area (Å²) in [5, 5.41) is 12.6. The molecule has 2 aromatic rings. The lowest BCUT2D eigenvalue weighted by Gasteiger charge is -1.94. The summed E-state index contributed by atoms with van der Waals surface area (Å²) >= 11 is 0. The third-order valence-electron chi connectivity index (χ3n) is 1.92. The fraction of sp³-hybridized carbons (Fsp3) is 0.111. The summed E-state index contributed by atoms with van der Waals surface area (Å²) in [7, 11) is 1.76. The molecule has 0 atom stereocenters. The highest BCUT2D eigenvalue weighted by molar-refractivity contribution is 5.88. The molecule has 0 bridgehead atoms. The van der Waals surface area contributed by atoms with Crippen molar-refractivity contribution in [2.45, 2.75) is 0 Å². The molecule has 2 aromatic heterocycles. The maximum absolute atomic E-state index is 10.6. The van der Waals surface area contributed by atoms with E-state index in [2.05, 4.69) is 5.10 Å². The second-order valence-electron chi connectivity index (χ2n) is 2.84. The average Bonchev–Trinajstić information content (AvgIpc) is 2.71. The first kappa shape index (κ1) is 8.55. The molecule has 0 saturated heterocycles.